The molecule has 25 heavy (non-hydrogen) atoms. The van der Waals surface area contributed by atoms with Gasteiger partial charge in [0.05, 0.1) is 9.80 Å². The molecule has 0 saturated heterocycles. The Hall–Kier alpha value is -1.92. The Morgan fingerprint density at radius 1 is 0.720 bits per heavy atom. The molecule has 0 saturated carbocycles. The quantitative estimate of drug-likeness (QED) is 0.368. The Bertz CT molecular complexity index is 991. The Balaban J connectivity index is 2.27. The highest BCUT2D eigenvalue weighted by molar-refractivity contribution is 14.1. The monoisotopic (exact) mass is 460 g/mol. The third-order valence-corrected chi connectivity index (χ3v) is 7.26. The van der Waals surface area contributed by atoms with Gasteiger partial charge in [0.25, 0.3) is 0 Å². The van der Waals surface area contributed by atoms with Gasteiger partial charge >= 0.3 is 0 Å². The van der Waals surface area contributed by atoms with Crippen LogP contribution in [0.15, 0.2) is 89.8 Å². The fourth-order valence-electron chi connectivity index (χ4n) is 2.54. The molecule has 0 heterocycles. The molecule has 0 aliphatic heterocycles. The van der Waals surface area contributed by atoms with E-state index in [2.05, 4.69) is 22.6 Å². The summed E-state index contributed by atoms with van der Waals surface area (Å²) in [4.78, 5) is 0.644. The maximum atomic E-state index is 13.4. The van der Waals surface area contributed by atoms with Crippen LogP contribution in [0, 0.1) is 6.92 Å². The molecule has 0 aliphatic rings. The van der Waals surface area contributed by atoms with Crippen molar-refractivity contribution in [2.45, 2.75) is 11.8 Å². The van der Waals surface area contributed by atoms with E-state index in [1.165, 1.54) is 0 Å². The van der Waals surface area contributed by atoms with Gasteiger partial charge < -0.3 is 0 Å². The summed E-state index contributed by atoms with van der Waals surface area (Å²) >= 11 is 2.13. The molecule has 3 aromatic rings. The van der Waals surface area contributed by atoms with Gasteiger partial charge in [0, 0.05) is 3.58 Å². The summed E-state index contributed by atoms with van der Waals surface area (Å²) in [5.74, 6) is 0. The smallest absolute Gasteiger partial charge is 0.208 e. The average Bonchev–Trinajstić information content (AvgIpc) is 2.63. The maximum Gasteiger partial charge on any atom is 0.208 e. The van der Waals surface area contributed by atoms with Crippen molar-refractivity contribution in [2.75, 3.05) is 0 Å². The van der Waals surface area contributed by atoms with Gasteiger partial charge in [0.2, 0.25) is 9.84 Å². The topological polar surface area (TPSA) is 34.1 Å². The molecule has 0 amide bonds. The lowest BCUT2D eigenvalue weighted by molar-refractivity contribution is 0.606. The molecular weight excluding hydrogens is 443 g/mol. The van der Waals surface area contributed by atoms with E-state index in [0.29, 0.717) is 18.9 Å². The molecule has 3 aromatic carbocycles. The van der Waals surface area contributed by atoms with Crippen molar-refractivity contribution in [3.05, 3.63) is 102 Å². The molecule has 0 atom stereocenters. The fraction of sp³-hybridized carbons (Fsp3) is 0.0476. The first-order valence-electron chi connectivity index (χ1n) is 7.82. The molecule has 0 aromatic heterocycles. The number of sulfone groups is 1. The van der Waals surface area contributed by atoms with E-state index in [4.69, 9.17) is 0 Å². The molecule has 0 spiro atoms. The lowest BCUT2D eigenvalue weighted by Gasteiger charge is -2.13. The maximum absolute atomic E-state index is 13.4. The Labute approximate surface area is 162 Å². The Morgan fingerprint density at radius 2 is 1.20 bits per heavy atom. The van der Waals surface area contributed by atoms with Gasteiger partial charge in [-0.25, -0.2) is 8.42 Å². The second-order valence-corrected chi connectivity index (χ2v) is 8.66. The third kappa shape index (κ3) is 3.85. The van der Waals surface area contributed by atoms with Crippen LogP contribution in [0.4, 0.5) is 0 Å². The van der Waals surface area contributed by atoms with Crippen LogP contribution in [0.5, 0.6) is 0 Å². The zero-order valence-corrected chi connectivity index (χ0v) is 16.7. The molecule has 0 aliphatic carbocycles. The number of rotatable bonds is 4. The minimum Gasteiger partial charge on any atom is -0.218 e. The van der Waals surface area contributed by atoms with E-state index in [0.717, 1.165) is 11.1 Å². The largest absolute Gasteiger partial charge is 0.218 e. The van der Waals surface area contributed by atoms with Crippen LogP contribution in [-0.2, 0) is 9.84 Å². The predicted octanol–water partition coefficient (Wildman–Crippen LogP) is 5.73. The lowest BCUT2D eigenvalue weighted by atomic mass is 10.1. The summed E-state index contributed by atoms with van der Waals surface area (Å²) in [5.41, 5.74) is 2.61. The second kappa shape index (κ2) is 7.54. The van der Waals surface area contributed by atoms with Gasteiger partial charge in [-0.05, 0) is 52.8 Å². The average molecular weight is 460 g/mol. The third-order valence-electron chi connectivity index (χ3n) is 3.86. The predicted molar refractivity (Wildman–Crippen MR) is 112 cm³/mol. The number of hydrogen-bond donors (Lipinski definition) is 0. The SMILES string of the molecule is Cc1ccc(S(=O)(=O)/C(=C(/I)c2ccccc2)c2ccccc2)cc1. The summed E-state index contributed by atoms with van der Waals surface area (Å²) in [5, 5.41) is 0. The van der Waals surface area contributed by atoms with E-state index < -0.39 is 9.84 Å². The van der Waals surface area contributed by atoms with Gasteiger partial charge in [-0.1, -0.05) is 78.4 Å². The summed E-state index contributed by atoms with van der Waals surface area (Å²) < 4.78 is 27.5. The fourth-order valence-corrected chi connectivity index (χ4v) is 5.61. The first kappa shape index (κ1) is 17.9. The number of hydrogen-bond acceptors (Lipinski definition) is 2. The van der Waals surface area contributed by atoms with Crippen LogP contribution in [-0.4, -0.2) is 8.42 Å². The highest BCUT2D eigenvalue weighted by Crippen LogP contribution is 2.38. The number of aryl methyl sites for hydroxylation is 1. The van der Waals surface area contributed by atoms with E-state index in [-0.39, 0.29) is 0 Å². The van der Waals surface area contributed by atoms with Crippen molar-refractivity contribution >= 4 is 40.9 Å². The van der Waals surface area contributed by atoms with Crippen molar-refractivity contribution in [3.63, 3.8) is 0 Å². The molecule has 3 rings (SSSR count). The zero-order valence-electron chi connectivity index (χ0n) is 13.7. The van der Waals surface area contributed by atoms with Gasteiger partial charge in [0.15, 0.2) is 0 Å². The van der Waals surface area contributed by atoms with Gasteiger partial charge in [-0.3, -0.25) is 0 Å². The van der Waals surface area contributed by atoms with Crippen molar-refractivity contribution < 1.29 is 8.42 Å². The minimum absolute atomic E-state index is 0.307. The van der Waals surface area contributed by atoms with Crippen molar-refractivity contribution in [1.29, 1.82) is 0 Å². The van der Waals surface area contributed by atoms with Crippen LogP contribution < -0.4 is 0 Å². The lowest BCUT2D eigenvalue weighted by Crippen LogP contribution is -2.06. The van der Waals surface area contributed by atoms with E-state index in [1.807, 2.05) is 79.7 Å². The summed E-state index contributed by atoms with van der Waals surface area (Å²) in [6, 6.07) is 25.9. The van der Waals surface area contributed by atoms with E-state index >= 15 is 0 Å². The molecular formula is C21H17IO2S. The first-order valence-corrected chi connectivity index (χ1v) is 10.4. The van der Waals surface area contributed by atoms with Gasteiger partial charge in [-0.2, -0.15) is 0 Å². The molecule has 0 unspecified atom stereocenters. The molecule has 0 bridgehead atoms. The Kier molecular flexibility index (Phi) is 5.39. The summed E-state index contributed by atoms with van der Waals surface area (Å²) in [6.45, 7) is 1.94. The highest BCUT2D eigenvalue weighted by atomic mass is 127. The van der Waals surface area contributed by atoms with Crippen LogP contribution in [0.3, 0.4) is 0 Å². The number of benzene rings is 3. The highest BCUT2D eigenvalue weighted by Gasteiger charge is 2.25. The van der Waals surface area contributed by atoms with Gasteiger partial charge in [0.1, 0.15) is 0 Å². The van der Waals surface area contributed by atoms with Crippen LogP contribution in [0.1, 0.15) is 16.7 Å². The molecule has 2 nitrogen and oxygen atoms in total. The molecule has 4 heteroatoms. The van der Waals surface area contributed by atoms with E-state index in [9.17, 15) is 8.42 Å². The molecule has 0 radical (unpaired) electrons. The van der Waals surface area contributed by atoms with Gasteiger partial charge in [-0.15, -0.1) is 0 Å². The van der Waals surface area contributed by atoms with Crippen LogP contribution in [0.2, 0.25) is 0 Å². The normalized spacial score (nSPS) is 12.6. The van der Waals surface area contributed by atoms with Crippen LogP contribution in [0.25, 0.3) is 8.48 Å². The molecule has 0 fully saturated rings. The van der Waals surface area contributed by atoms with Crippen molar-refractivity contribution in [3.8, 4) is 0 Å². The second-order valence-electron chi connectivity index (χ2n) is 5.69. The van der Waals surface area contributed by atoms with Crippen molar-refractivity contribution in [2.24, 2.45) is 0 Å². The molecule has 126 valence electrons. The Morgan fingerprint density at radius 3 is 1.72 bits per heavy atom. The van der Waals surface area contributed by atoms with E-state index in [1.54, 1.807) is 12.1 Å². The molecule has 0 N–H and O–H groups in total. The minimum atomic E-state index is -3.65. The summed E-state index contributed by atoms with van der Waals surface area (Å²) in [7, 11) is -3.65. The number of halogens is 1. The summed E-state index contributed by atoms with van der Waals surface area (Å²) in [6.07, 6.45) is 0. The van der Waals surface area contributed by atoms with Crippen LogP contribution >= 0.6 is 22.6 Å². The first-order chi connectivity index (χ1) is 12.0. The zero-order chi connectivity index (χ0) is 17.9. The standard InChI is InChI=1S/C21H17IO2S/c1-16-12-14-19(15-13-16)25(23,24)21(18-10-6-3-7-11-18)20(22)17-8-4-2-5-9-17/h2-15H,1H3/b21-20+. The van der Waals surface area contributed by atoms with Crippen molar-refractivity contribution in [1.82, 2.24) is 0 Å².